The van der Waals surface area contributed by atoms with Crippen LogP contribution in [-0.2, 0) is 19.0 Å². The maximum absolute atomic E-state index is 13.1. The lowest BCUT2D eigenvalue weighted by molar-refractivity contribution is -0.141. The van der Waals surface area contributed by atoms with Crippen molar-refractivity contribution in [3.8, 4) is 0 Å². The topological polar surface area (TPSA) is 49.0 Å². The van der Waals surface area contributed by atoms with Gasteiger partial charge in [0.2, 0.25) is 0 Å². The van der Waals surface area contributed by atoms with Crippen LogP contribution in [-0.4, -0.2) is 34.1 Å². The van der Waals surface area contributed by atoms with Gasteiger partial charge < -0.3 is 4.90 Å². The number of H-pyrrole nitrogens is 1. The molecule has 1 N–H and O–H groups in total. The largest absolute Gasteiger partial charge is 0.435 e. The molecule has 0 bridgehead atoms. The van der Waals surface area contributed by atoms with Crippen molar-refractivity contribution in [1.82, 2.24) is 15.1 Å². The molecule has 1 saturated heterocycles. The zero-order valence-electron chi connectivity index (χ0n) is 15.1. The van der Waals surface area contributed by atoms with Gasteiger partial charge in [0.05, 0.1) is 5.56 Å². The minimum Gasteiger partial charge on any atom is -0.338 e. The van der Waals surface area contributed by atoms with E-state index in [2.05, 4.69) is 17.1 Å². The summed E-state index contributed by atoms with van der Waals surface area (Å²) in [4.78, 5) is 16.2. The number of amides is 1. The summed E-state index contributed by atoms with van der Waals surface area (Å²) in [5, 5.41) is 7.89. The summed E-state index contributed by atoms with van der Waals surface area (Å²) in [6.07, 6.45) is 0.146. The highest BCUT2D eigenvalue weighted by atomic mass is 32.1. The minimum atomic E-state index is -4.45. The molecule has 0 saturated carbocycles. The number of nitrogens with one attached hydrogen (secondary N) is 1. The summed E-state index contributed by atoms with van der Waals surface area (Å²) in [6, 6.07) is 1.08. The summed E-state index contributed by atoms with van der Waals surface area (Å²) in [7, 11) is 0. The number of aromatic nitrogens is 2. The van der Waals surface area contributed by atoms with Crippen LogP contribution in [0.5, 0.6) is 0 Å². The Morgan fingerprint density at radius 2 is 2.19 bits per heavy atom. The number of fused-ring (bicyclic) bond motifs is 1. The van der Waals surface area contributed by atoms with Gasteiger partial charge in [0, 0.05) is 35.0 Å². The molecule has 1 aliphatic carbocycles. The number of carbonyl (C=O) groups is 1. The third kappa shape index (κ3) is 3.63. The predicted molar refractivity (Wildman–Crippen MR) is 97.0 cm³/mol. The Balaban J connectivity index is 1.50. The quantitative estimate of drug-likeness (QED) is 0.803. The van der Waals surface area contributed by atoms with Gasteiger partial charge in [-0.3, -0.25) is 9.89 Å². The van der Waals surface area contributed by atoms with Crippen LogP contribution in [0.1, 0.15) is 64.3 Å². The van der Waals surface area contributed by atoms with Crippen LogP contribution in [0.2, 0.25) is 0 Å². The van der Waals surface area contributed by atoms with Crippen molar-refractivity contribution >= 4 is 17.2 Å². The molecule has 2 aliphatic rings. The Labute approximate surface area is 159 Å². The number of halogens is 3. The molecule has 27 heavy (non-hydrogen) atoms. The van der Waals surface area contributed by atoms with Gasteiger partial charge in [-0.1, -0.05) is 6.92 Å². The molecule has 3 heterocycles. The van der Waals surface area contributed by atoms with Crippen molar-refractivity contribution in [3.05, 3.63) is 38.8 Å². The molecular formula is C19H22F3N3OS. The Kier molecular flexibility index (Phi) is 4.78. The number of piperidine rings is 1. The van der Waals surface area contributed by atoms with E-state index in [4.69, 9.17) is 0 Å². The van der Waals surface area contributed by atoms with Gasteiger partial charge in [-0.25, -0.2) is 0 Å². The first kappa shape index (κ1) is 18.5. The summed E-state index contributed by atoms with van der Waals surface area (Å²) in [5.74, 6) is 0.532. The van der Waals surface area contributed by atoms with Crippen molar-refractivity contribution in [1.29, 1.82) is 0 Å². The molecule has 1 fully saturated rings. The molecule has 1 amide bonds. The summed E-state index contributed by atoms with van der Waals surface area (Å²) in [6.45, 7) is 3.31. The van der Waals surface area contributed by atoms with Crippen LogP contribution in [0.3, 0.4) is 0 Å². The number of nitrogens with zero attached hydrogens (tertiary/aromatic N) is 2. The Bertz CT molecular complexity index is 842. The van der Waals surface area contributed by atoms with E-state index in [1.165, 1.54) is 10.4 Å². The van der Waals surface area contributed by atoms with E-state index in [1.807, 2.05) is 5.38 Å². The molecular weight excluding hydrogens is 375 g/mol. The van der Waals surface area contributed by atoms with E-state index in [0.717, 1.165) is 43.7 Å². The van der Waals surface area contributed by atoms with Crippen molar-refractivity contribution in [3.63, 3.8) is 0 Å². The second kappa shape index (κ2) is 6.96. The first-order valence-corrected chi connectivity index (χ1v) is 10.2. The maximum Gasteiger partial charge on any atom is 0.435 e. The number of aromatic amines is 1. The summed E-state index contributed by atoms with van der Waals surface area (Å²) in [5.41, 5.74) is 1.54. The molecule has 4 nitrogen and oxygen atoms in total. The van der Waals surface area contributed by atoms with Crippen LogP contribution in [0.15, 0.2) is 11.4 Å². The zero-order chi connectivity index (χ0) is 19.2. The third-order valence-electron chi connectivity index (χ3n) is 5.67. The molecule has 2 aromatic heterocycles. The van der Waals surface area contributed by atoms with Crippen LogP contribution < -0.4 is 0 Å². The first-order valence-electron chi connectivity index (χ1n) is 9.34. The molecule has 1 aliphatic heterocycles. The van der Waals surface area contributed by atoms with Crippen molar-refractivity contribution in [2.45, 2.75) is 51.1 Å². The highest BCUT2D eigenvalue weighted by Crippen LogP contribution is 2.35. The lowest BCUT2D eigenvalue weighted by Crippen LogP contribution is -2.39. The van der Waals surface area contributed by atoms with Crippen LogP contribution >= 0.6 is 11.3 Å². The van der Waals surface area contributed by atoms with E-state index < -0.39 is 11.9 Å². The minimum absolute atomic E-state index is 0.0160. The summed E-state index contributed by atoms with van der Waals surface area (Å²) >= 11 is 1.66. The first-order chi connectivity index (χ1) is 12.8. The second-order valence-corrected chi connectivity index (χ2v) is 8.66. The monoisotopic (exact) mass is 397 g/mol. The van der Waals surface area contributed by atoms with Gasteiger partial charge in [0.1, 0.15) is 0 Å². The van der Waals surface area contributed by atoms with Crippen LogP contribution in [0, 0.1) is 5.92 Å². The molecule has 2 aromatic rings. The predicted octanol–water partition coefficient (Wildman–Crippen LogP) is 4.63. The van der Waals surface area contributed by atoms with Crippen molar-refractivity contribution < 1.29 is 18.0 Å². The normalized spacial score (nSPS) is 23.3. The number of rotatable bonds is 2. The molecule has 2 unspecified atom stereocenters. The number of hydrogen-bond donors (Lipinski definition) is 1. The molecule has 0 spiro atoms. The fourth-order valence-corrected chi connectivity index (χ4v) is 5.37. The highest BCUT2D eigenvalue weighted by molar-refractivity contribution is 7.10. The van der Waals surface area contributed by atoms with Gasteiger partial charge in [-0.2, -0.15) is 18.3 Å². The molecule has 0 aromatic carbocycles. The number of alkyl halides is 3. The number of likely N-dealkylation sites (tertiary alicyclic amines) is 1. The van der Waals surface area contributed by atoms with E-state index in [9.17, 15) is 18.0 Å². The van der Waals surface area contributed by atoms with Gasteiger partial charge in [0.15, 0.2) is 5.69 Å². The third-order valence-corrected chi connectivity index (χ3v) is 6.72. The lowest BCUT2D eigenvalue weighted by Gasteiger charge is -2.32. The number of thiophene rings is 1. The van der Waals surface area contributed by atoms with Gasteiger partial charge in [-0.05, 0) is 49.7 Å². The summed E-state index contributed by atoms with van der Waals surface area (Å²) < 4.78 is 38.4. The molecule has 146 valence electrons. The van der Waals surface area contributed by atoms with E-state index in [0.29, 0.717) is 24.7 Å². The SMILES string of the molecule is CC1CCc2c(C(=O)N3CCCC(c4cc(C(F)(F)F)n[nH]4)C3)csc2C1. The molecule has 2 atom stereocenters. The number of hydrogen-bond acceptors (Lipinski definition) is 3. The van der Waals surface area contributed by atoms with E-state index in [-0.39, 0.29) is 11.8 Å². The Morgan fingerprint density at radius 1 is 1.37 bits per heavy atom. The lowest BCUT2D eigenvalue weighted by atomic mass is 9.88. The van der Waals surface area contributed by atoms with Crippen molar-refractivity contribution in [2.24, 2.45) is 5.92 Å². The number of carbonyl (C=O) groups excluding carboxylic acids is 1. The smallest absolute Gasteiger partial charge is 0.338 e. The second-order valence-electron chi connectivity index (χ2n) is 7.70. The van der Waals surface area contributed by atoms with Gasteiger partial charge in [0.25, 0.3) is 5.91 Å². The van der Waals surface area contributed by atoms with Crippen LogP contribution in [0.25, 0.3) is 0 Å². The molecule has 0 radical (unpaired) electrons. The standard InChI is InChI=1S/C19H22F3N3OS/c1-11-4-5-13-14(10-27-16(13)7-11)18(26)25-6-2-3-12(9-25)15-8-17(24-23-15)19(20,21)22/h8,10-12H,2-7,9H2,1H3,(H,23,24). The van der Waals surface area contributed by atoms with E-state index >= 15 is 0 Å². The fourth-order valence-electron chi connectivity index (χ4n) is 4.13. The van der Waals surface area contributed by atoms with Gasteiger partial charge in [-0.15, -0.1) is 11.3 Å². The zero-order valence-corrected chi connectivity index (χ0v) is 15.9. The Hall–Kier alpha value is -1.83. The highest BCUT2D eigenvalue weighted by Gasteiger charge is 2.36. The van der Waals surface area contributed by atoms with Crippen molar-refractivity contribution in [2.75, 3.05) is 13.1 Å². The maximum atomic E-state index is 13.1. The van der Waals surface area contributed by atoms with Crippen LogP contribution in [0.4, 0.5) is 13.2 Å². The molecule has 4 rings (SSSR count). The fraction of sp³-hybridized carbons (Fsp3) is 0.579. The average Bonchev–Trinajstić information content (AvgIpc) is 3.28. The average molecular weight is 397 g/mol. The van der Waals surface area contributed by atoms with Gasteiger partial charge >= 0.3 is 6.18 Å². The molecule has 8 heteroatoms. The Morgan fingerprint density at radius 3 is 2.93 bits per heavy atom. The van der Waals surface area contributed by atoms with E-state index in [1.54, 1.807) is 16.2 Å².